The van der Waals surface area contributed by atoms with Gasteiger partial charge in [0.2, 0.25) is 0 Å². The van der Waals surface area contributed by atoms with Crippen LogP contribution in [0.5, 0.6) is 0 Å². The lowest BCUT2D eigenvalue weighted by atomic mass is 10.2. The number of allylic oxidation sites excluding steroid dienone is 1. The van der Waals surface area contributed by atoms with Gasteiger partial charge >= 0.3 is 0 Å². The third kappa shape index (κ3) is 2.68. The van der Waals surface area contributed by atoms with Crippen LogP contribution in [0, 0.1) is 5.82 Å². The van der Waals surface area contributed by atoms with Crippen LogP contribution in [-0.4, -0.2) is 6.29 Å². The predicted molar refractivity (Wildman–Crippen MR) is 69.4 cm³/mol. The largest absolute Gasteiger partial charge is 0.298 e. The fourth-order valence-corrected chi connectivity index (χ4v) is 2.54. The van der Waals surface area contributed by atoms with E-state index in [-0.39, 0.29) is 5.82 Å². The van der Waals surface area contributed by atoms with Gasteiger partial charge in [0.1, 0.15) is 12.1 Å². The summed E-state index contributed by atoms with van der Waals surface area (Å²) in [4.78, 5) is 12.3. The summed E-state index contributed by atoms with van der Waals surface area (Å²) in [6.45, 7) is 1.75. The highest BCUT2D eigenvalue weighted by atomic mass is 32.1. The molecule has 0 amide bonds. The molecule has 3 heteroatoms. The first-order chi connectivity index (χ1) is 8.20. The second-order valence-corrected chi connectivity index (χ2v) is 4.80. The maximum atomic E-state index is 13.5. The molecule has 0 saturated heterocycles. The zero-order valence-corrected chi connectivity index (χ0v) is 10.1. The fourth-order valence-electron chi connectivity index (χ4n) is 1.49. The molecule has 1 heterocycles. The lowest BCUT2D eigenvalue weighted by Gasteiger charge is -1.97. The van der Waals surface area contributed by atoms with Crippen LogP contribution in [-0.2, 0) is 4.79 Å². The maximum absolute atomic E-state index is 13.5. The van der Waals surface area contributed by atoms with Crippen LogP contribution >= 0.6 is 11.3 Å². The van der Waals surface area contributed by atoms with Gasteiger partial charge in [0, 0.05) is 15.3 Å². The zero-order chi connectivity index (χ0) is 12.3. The van der Waals surface area contributed by atoms with E-state index in [1.807, 2.05) is 18.2 Å². The minimum absolute atomic E-state index is 0.225. The highest BCUT2D eigenvalue weighted by Crippen LogP contribution is 2.30. The molecule has 0 aliphatic heterocycles. The molecule has 2 rings (SSSR count). The third-order valence-electron chi connectivity index (χ3n) is 2.32. The van der Waals surface area contributed by atoms with Gasteiger partial charge in [0.05, 0.1) is 0 Å². The summed E-state index contributed by atoms with van der Waals surface area (Å²) < 4.78 is 13.5. The van der Waals surface area contributed by atoms with Gasteiger partial charge in [-0.05, 0) is 36.8 Å². The minimum atomic E-state index is -0.225. The van der Waals surface area contributed by atoms with Crippen molar-refractivity contribution >= 4 is 23.7 Å². The van der Waals surface area contributed by atoms with Crippen molar-refractivity contribution in [2.75, 3.05) is 0 Å². The second-order valence-electron chi connectivity index (χ2n) is 3.69. The maximum Gasteiger partial charge on any atom is 0.145 e. The highest BCUT2D eigenvalue weighted by molar-refractivity contribution is 7.16. The standard InChI is InChI=1S/C14H11FOS/c1-10(9-16)8-11-6-7-14(17-11)12-4-2-3-5-13(12)15/h2-9H,1H3. The van der Waals surface area contributed by atoms with E-state index in [0.717, 1.165) is 16.0 Å². The van der Waals surface area contributed by atoms with Crippen molar-refractivity contribution in [2.45, 2.75) is 6.92 Å². The Kier molecular flexibility index (Phi) is 3.49. The van der Waals surface area contributed by atoms with Crippen LogP contribution in [0.15, 0.2) is 42.0 Å². The van der Waals surface area contributed by atoms with Gasteiger partial charge in [-0.2, -0.15) is 0 Å². The minimum Gasteiger partial charge on any atom is -0.298 e. The number of thiophene rings is 1. The van der Waals surface area contributed by atoms with Crippen molar-refractivity contribution in [3.8, 4) is 10.4 Å². The normalized spacial score (nSPS) is 11.5. The fraction of sp³-hybridized carbons (Fsp3) is 0.0714. The summed E-state index contributed by atoms with van der Waals surface area (Å²) in [7, 11) is 0. The molecule has 0 spiro atoms. The van der Waals surface area contributed by atoms with Crippen LogP contribution in [0.2, 0.25) is 0 Å². The van der Waals surface area contributed by atoms with Crippen molar-refractivity contribution in [1.82, 2.24) is 0 Å². The van der Waals surface area contributed by atoms with Gasteiger partial charge < -0.3 is 0 Å². The van der Waals surface area contributed by atoms with Crippen LogP contribution in [0.4, 0.5) is 4.39 Å². The topological polar surface area (TPSA) is 17.1 Å². The summed E-state index contributed by atoms with van der Waals surface area (Å²) in [6, 6.07) is 10.4. The quantitative estimate of drug-likeness (QED) is 0.587. The number of hydrogen-bond acceptors (Lipinski definition) is 2. The van der Waals surface area contributed by atoms with Crippen molar-refractivity contribution < 1.29 is 9.18 Å². The molecule has 0 atom stereocenters. The number of hydrogen-bond donors (Lipinski definition) is 0. The molecule has 0 aliphatic rings. The van der Waals surface area contributed by atoms with Crippen LogP contribution < -0.4 is 0 Å². The van der Waals surface area contributed by atoms with Gasteiger partial charge in [-0.15, -0.1) is 11.3 Å². The van der Waals surface area contributed by atoms with Crippen molar-refractivity contribution in [3.63, 3.8) is 0 Å². The Balaban J connectivity index is 2.37. The molecule has 0 radical (unpaired) electrons. The lowest BCUT2D eigenvalue weighted by Crippen LogP contribution is -1.78. The SMILES string of the molecule is CC(C=O)=Cc1ccc(-c2ccccc2F)s1. The van der Waals surface area contributed by atoms with Crippen LogP contribution in [0.3, 0.4) is 0 Å². The molecule has 1 nitrogen and oxygen atoms in total. The Bertz CT molecular complexity index is 569. The zero-order valence-electron chi connectivity index (χ0n) is 9.31. The van der Waals surface area contributed by atoms with Crippen molar-refractivity contribution in [1.29, 1.82) is 0 Å². The molecule has 17 heavy (non-hydrogen) atoms. The first-order valence-electron chi connectivity index (χ1n) is 5.19. The van der Waals surface area contributed by atoms with Crippen LogP contribution in [0.25, 0.3) is 16.5 Å². The monoisotopic (exact) mass is 246 g/mol. The van der Waals surface area contributed by atoms with E-state index in [1.54, 1.807) is 25.1 Å². The molecule has 0 N–H and O–H groups in total. The summed E-state index contributed by atoms with van der Waals surface area (Å²) in [6.07, 6.45) is 2.60. The van der Waals surface area contributed by atoms with Gasteiger partial charge in [0.25, 0.3) is 0 Å². The molecular weight excluding hydrogens is 235 g/mol. The number of aldehydes is 1. The number of halogens is 1. The van der Waals surface area contributed by atoms with E-state index in [9.17, 15) is 9.18 Å². The van der Waals surface area contributed by atoms with E-state index in [0.29, 0.717) is 11.1 Å². The Labute approximate surface area is 103 Å². The average Bonchev–Trinajstić information content (AvgIpc) is 2.78. The number of benzene rings is 1. The summed E-state index contributed by atoms with van der Waals surface area (Å²) in [5, 5.41) is 0. The van der Waals surface area contributed by atoms with Crippen molar-refractivity contribution in [2.24, 2.45) is 0 Å². The molecule has 86 valence electrons. The van der Waals surface area contributed by atoms with Gasteiger partial charge in [0.15, 0.2) is 0 Å². The Hall–Kier alpha value is -1.74. The van der Waals surface area contributed by atoms with Gasteiger partial charge in [-0.25, -0.2) is 4.39 Å². The summed E-state index contributed by atoms with van der Waals surface area (Å²) >= 11 is 1.47. The first-order valence-corrected chi connectivity index (χ1v) is 6.00. The van der Waals surface area contributed by atoms with Gasteiger partial charge in [-0.3, -0.25) is 4.79 Å². The second kappa shape index (κ2) is 5.06. The smallest absolute Gasteiger partial charge is 0.145 e. The molecule has 0 unspecified atom stereocenters. The number of carbonyl (C=O) groups is 1. The Morgan fingerprint density at radius 2 is 2.00 bits per heavy atom. The molecule has 0 bridgehead atoms. The van der Waals surface area contributed by atoms with E-state index in [4.69, 9.17) is 0 Å². The first kappa shape index (κ1) is 11.7. The van der Waals surface area contributed by atoms with Crippen molar-refractivity contribution in [3.05, 3.63) is 52.7 Å². The van der Waals surface area contributed by atoms with E-state index >= 15 is 0 Å². The van der Waals surface area contributed by atoms with Crippen LogP contribution in [0.1, 0.15) is 11.8 Å². The van der Waals surface area contributed by atoms with E-state index in [2.05, 4.69) is 0 Å². The molecular formula is C14H11FOS. The lowest BCUT2D eigenvalue weighted by molar-refractivity contribution is -0.104. The Morgan fingerprint density at radius 1 is 1.24 bits per heavy atom. The molecule has 1 aromatic heterocycles. The summed E-state index contributed by atoms with van der Waals surface area (Å²) in [5.41, 5.74) is 1.26. The van der Waals surface area contributed by atoms with E-state index < -0.39 is 0 Å². The molecule has 0 fully saturated rings. The molecule has 1 aromatic carbocycles. The average molecular weight is 246 g/mol. The number of rotatable bonds is 3. The third-order valence-corrected chi connectivity index (χ3v) is 3.39. The highest BCUT2D eigenvalue weighted by Gasteiger charge is 2.06. The molecule has 2 aromatic rings. The summed E-state index contributed by atoms with van der Waals surface area (Å²) in [5.74, 6) is -0.225. The predicted octanol–water partition coefficient (Wildman–Crippen LogP) is 4.16. The molecule has 0 saturated carbocycles. The number of carbonyl (C=O) groups excluding carboxylic acids is 1. The molecule has 0 aliphatic carbocycles. The van der Waals surface area contributed by atoms with E-state index in [1.165, 1.54) is 17.4 Å². The Morgan fingerprint density at radius 3 is 2.71 bits per heavy atom. The van der Waals surface area contributed by atoms with Gasteiger partial charge in [-0.1, -0.05) is 18.2 Å².